The summed E-state index contributed by atoms with van der Waals surface area (Å²) in [4.78, 5) is 14.0. The lowest BCUT2D eigenvalue weighted by Crippen LogP contribution is -2.44. The second-order valence-electron chi connectivity index (χ2n) is 7.98. The third-order valence-corrected chi connectivity index (χ3v) is 6.09. The number of guanidine groups is 1. The molecule has 1 aliphatic carbocycles. The van der Waals surface area contributed by atoms with E-state index in [-0.39, 0.29) is 24.3 Å². The van der Waals surface area contributed by atoms with Crippen molar-refractivity contribution >= 4 is 29.9 Å². The molecule has 2 aromatic rings. The number of halogens is 2. The molecule has 0 amide bonds. The first-order valence-electron chi connectivity index (χ1n) is 10.1. The van der Waals surface area contributed by atoms with Gasteiger partial charge in [-0.1, -0.05) is 6.07 Å². The molecular formula is C22H26ClFN6. The molecule has 0 radical (unpaired) electrons. The monoisotopic (exact) mass is 428 g/mol. The Morgan fingerprint density at radius 3 is 2.63 bits per heavy atom. The number of aromatic nitrogens is 1. The number of rotatable bonds is 2. The maximum atomic E-state index is 13.6. The van der Waals surface area contributed by atoms with Gasteiger partial charge in [-0.15, -0.1) is 12.4 Å². The molecule has 1 fully saturated rings. The Labute approximate surface area is 182 Å². The minimum atomic E-state index is -0.203. The number of aryl methyl sites for hydroxylation is 1. The number of fused-ring (bicyclic) bond motifs is 2. The van der Waals surface area contributed by atoms with Gasteiger partial charge in [-0.05, 0) is 60.9 Å². The van der Waals surface area contributed by atoms with Gasteiger partial charge in [0.2, 0.25) is 0 Å². The normalized spacial score (nSPS) is 21.2. The quantitative estimate of drug-likeness (QED) is 0.769. The fraction of sp³-hybridized carbons (Fsp3) is 0.364. The molecule has 3 aliphatic rings. The molecule has 0 saturated carbocycles. The number of benzene rings is 1. The predicted molar refractivity (Wildman–Crippen MR) is 120 cm³/mol. The van der Waals surface area contributed by atoms with Crippen LogP contribution in [0.15, 0.2) is 47.1 Å². The standard InChI is InChI=1S/C22H25FN6.ClH/c1-28-8-10-29(11-9-28)19-7-3-15(13-25-19)20-18-5-2-14-12-16(23)4-6-17(14)21(18)27-22(24)26-20;/h3-4,6-7,12-13,20H,2,5,8-11H2,1H3,(H3,24,26,27);1H. The van der Waals surface area contributed by atoms with Crippen LogP contribution in [0.2, 0.25) is 0 Å². The highest BCUT2D eigenvalue weighted by atomic mass is 35.5. The average molecular weight is 429 g/mol. The number of nitrogens with zero attached hydrogens (tertiary/aromatic N) is 4. The van der Waals surface area contributed by atoms with Gasteiger partial charge in [0.15, 0.2) is 5.96 Å². The SMILES string of the molecule is CN1CCN(c2ccc(C3N=C(N)NC4=C3CCc3cc(F)ccc34)cn2)CC1.Cl. The summed E-state index contributed by atoms with van der Waals surface area (Å²) in [6.07, 6.45) is 3.54. The highest BCUT2D eigenvalue weighted by molar-refractivity contribution is 5.92. The van der Waals surface area contributed by atoms with Crippen LogP contribution < -0.4 is 16.0 Å². The Bertz CT molecular complexity index is 995. The van der Waals surface area contributed by atoms with Crippen molar-refractivity contribution in [1.82, 2.24) is 15.2 Å². The summed E-state index contributed by atoms with van der Waals surface area (Å²) in [5, 5.41) is 3.21. The maximum absolute atomic E-state index is 13.6. The highest BCUT2D eigenvalue weighted by Crippen LogP contribution is 2.40. The summed E-state index contributed by atoms with van der Waals surface area (Å²) in [5.41, 5.74) is 11.3. The fourth-order valence-corrected chi connectivity index (χ4v) is 4.44. The number of nitrogens with two attached hydrogens (primary N) is 1. The van der Waals surface area contributed by atoms with E-state index in [0.29, 0.717) is 5.96 Å². The van der Waals surface area contributed by atoms with Crippen molar-refractivity contribution in [2.45, 2.75) is 18.9 Å². The summed E-state index contributed by atoms with van der Waals surface area (Å²) in [6, 6.07) is 8.98. The average Bonchev–Trinajstić information content (AvgIpc) is 2.73. The molecule has 1 unspecified atom stereocenters. The van der Waals surface area contributed by atoms with E-state index in [4.69, 9.17) is 10.7 Å². The van der Waals surface area contributed by atoms with Crippen molar-refractivity contribution < 1.29 is 4.39 Å². The molecule has 1 saturated heterocycles. The lowest BCUT2D eigenvalue weighted by molar-refractivity contribution is 0.312. The van der Waals surface area contributed by atoms with Crippen molar-refractivity contribution in [2.24, 2.45) is 10.7 Å². The molecule has 30 heavy (non-hydrogen) atoms. The molecule has 0 spiro atoms. The number of likely N-dealkylation sites (N-methyl/N-ethyl adjacent to an activating group) is 1. The van der Waals surface area contributed by atoms with Crippen LogP contribution in [0.3, 0.4) is 0 Å². The Morgan fingerprint density at radius 2 is 1.90 bits per heavy atom. The minimum Gasteiger partial charge on any atom is -0.370 e. The first-order chi connectivity index (χ1) is 14.1. The number of pyridine rings is 1. The topological polar surface area (TPSA) is 69.8 Å². The molecule has 2 aliphatic heterocycles. The molecule has 8 heteroatoms. The van der Waals surface area contributed by atoms with Crippen LogP contribution in [0, 0.1) is 5.82 Å². The molecule has 0 bridgehead atoms. The van der Waals surface area contributed by atoms with Crippen molar-refractivity contribution in [1.29, 1.82) is 0 Å². The zero-order valence-corrected chi connectivity index (χ0v) is 17.8. The molecule has 3 N–H and O–H groups in total. The van der Waals surface area contributed by atoms with Crippen LogP contribution in [0.5, 0.6) is 0 Å². The second kappa shape index (κ2) is 8.24. The van der Waals surface area contributed by atoms with Gasteiger partial charge in [0, 0.05) is 37.9 Å². The summed E-state index contributed by atoms with van der Waals surface area (Å²) in [6.45, 7) is 4.08. The largest absolute Gasteiger partial charge is 0.370 e. The lowest BCUT2D eigenvalue weighted by Gasteiger charge is -2.34. The van der Waals surface area contributed by atoms with Gasteiger partial charge in [0.1, 0.15) is 17.7 Å². The van der Waals surface area contributed by atoms with E-state index in [1.165, 1.54) is 11.6 Å². The summed E-state index contributed by atoms with van der Waals surface area (Å²) < 4.78 is 13.6. The van der Waals surface area contributed by atoms with Gasteiger partial charge >= 0.3 is 0 Å². The molecule has 1 atom stereocenters. The summed E-state index contributed by atoms with van der Waals surface area (Å²) >= 11 is 0. The Hall–Kier alpha value is -2.64. The lowest BCUT2D eigenvalue weighted by atomic mass is 9.83. The van der Waals surface area contributed by atoms with Crippen LogP contribution >= 0.6 is 12.4 Å². The van der Waals surface area contributed by atoms with Crippen molar-refractivity contribution in [3.8, 4) is 0 Å². The smallest absolute Gasteiger partial charge is 0.194 e. The predicted octanol–water partition coefficient (Wildman–Crippen LogP) is 2.71. The highest BCUT2D eigenvalue weighted by Gasteiger charge is 2.30. The number of anilines is 1. The minimum absolute atomic E-state index is 0. The third-order valence-electron chi connectivity index (χ3n) is 6.09. The number of hydrogen-bond acceptors (Lipinski definition) is 6. The Morgan fingerprint density at radius 1 is 1.10 bits per heavy atom. The van der Waals surface area contributed by atoms with E-state index in [2.05, 4.69) is 39.3 Å². The number of piperazine rings is 1. The van der Waals surface area contributed by atoms with Crippen LogP contribution in [0.1, 0.15) is 29.2 Å². The van der Waals surface area contributed by atoms with Gasteiger partial charge in [-0.3, -0.25) is 0 Å². The summed E-state index contributed by atoms with van der Waals surface area (Å²) in [7, 11) is 2.15. The zero-order chi connectivity index (χ0) is 20.0. The first-order valence-corrected chi connectivity index (χ1v) is 10.1. The van der Waals surface area contributed by atoms with E-state index in [9.17, 15) is 4.39 Å². The zero-order valence-electron chi connectivity index (χ0n) is 16.9. The van der Waals surface area contributed by atoms with Crippen molar-refractivity contribution in [3.05, 3.63) is 64.6 Å². The molecule has 3 heterocycles. The van der Waals surface area contributed by atoms with Gasteiger partial charge in [0.05, 0.1) is 5.70 Å². The maximum Gasteiger partial charge on any atom is 0.194 e. The van der Waals surface area contributed by atoms with Crippen LogP contribution in [-0.2, 0) is 6.42 Å². The Balaban J connectivity index is 0.00000218. The van der Waals surface area contributed by atoms with Gasteiger partial charge in [-0.2, -0.15) is 0 Å². The molecule has 158 valence electrons. The molecular weight excluding hydrogens is 403 g/mol. The van der Waals surface area contributed by atoms with Crippen LogP contribution in [0.4, 0.5) is 10.2 Å². The molecule has 6 nitrogen and oxygen atoms in total. The molecule has 1 aromatic heterocycles. The van der Waals surface area contributed by atoms with E-state index in [1.54, 1.807) is 6.07 Å². The van der Waals surface area contributed by atoms with E-state index >= 15 is 0 Å². The first kappa shape index (κ1) is 20.6. The van der Waals surface area contributed by atoms with Gasteiger partial charge in [0.25, 0.3) is 0 Å². The van der Waals surface area contributed by atoms with E-state index < -0.39 is 0 Å². The van der Waals surface area contributed by atoms with Crippen LogP contribution in [0.25, 0.3) is 5.70 Å². The molecule has 1 aromatic carbocycles. The van der Waals surface area contributed by atoms with Gasteiger partial charge in [-0.25, -0.2) is 14.4 Å². The molecule has 5 rings (SSSR count). The Kier molecular flexibility index (Phi) is 5.66. The fourth-order valence-electron chi connectivity index (χ4n) is 4.44. The van der Waals surface area contributed by atoms with Crippen molar-refractivity contribution in [2.75, 3.05) is 38.1 Å². The number of nitrogens with one attached hydrogen (secondary N) is 1. The van der Waals surface area contributed by atoms with Crippen LogP contribution in [-0.4, -0.2) is 49.1 Å². The second-order valence-corrected chi connectivity index (χ2v) is 7.98. The number of hydrogen-bond donors (Lipinski definition) is 2. The third kappa shape index (κ3) is 3.75. The number of aliphatic imine (C=N–C) groups is 1. The van der Waals surface area contributed by atoms with Gasteiger partial charge < -0.3 is 20.9 Å². The van der Waals surface area contributed by atoms with E-state index in [0.717, 1.165) is 67.2 Å². The van der Waals surface area contributed by atoms with Crippen molar-refractivity contribution in [3.63, 3.8) is 0 Å². The van der Waals surface area contributed by atoms with E-state index in [1.807, 2.05) is 12.3 Å². The summed E-state index contributed by atoms with van der Waals surface area (Å²) in [5.74, 6) is 1.19.